The van der Waals surface area contributed by atoms with Crippen LogP contribution >= 0.6 is 11.3 Å². The highest BCUT2D eigenvalue weighted by molar-refractivity contribution is 7.14. The Balaban J connectivity index is 2.08. The minimum absolute atomic E-state index is 0.0373. The quantitative estimate of drug-likeness (QED) is 0.898. The molecular formula is C11H11F3N2O3S. The molecule has 1 aromatic rings. The topological polar surface area (TPSA) is 69.6 Å². The van der Waals surface area contributed by atoms with Gasteiger partial charge in [0.05, 0.1) is 5.56 Å². The number of anilines is 1. The van der Waals surface area contributed by atoms with E-state index in [0.29, 0.717) is 17.7 Å². The fourth-order valence-corrected chi connectivity index (χ4v) is 2.46. The van der Waals surface area contributed by atoms with Crippen molar-refractivity contribution >= 4 is 28.3 Å². The smallest absolute Gasteiger partial charge is 0.406 e. The number of urea groups is 1. The van der Waals surface area contributed by atoms with E-state index in [1.807, 2.05) is 0 Å². The van der Waals surface area contributed by atoms with Crippen LogP contribution < -0.4 is 5.32 Å². The Morgan fingerprint density at radius 3 is 2.60 bits per heavy atom. The zero-order chi connectivity index (χ0) is 14.9. The van der Waals surface area contributed by atoms with Crippen LogP contribution in [0.1, 0.15) is 23.2 Å². The second-order valence-corrected chi connectivity index (χ2v) is 5.29. The van der Waals surface area contributed by atoms with Gasteiger partial charge in [0.2, 0.25) is 0 Å². The molecule has 1 fully saturated rings. The third-order valence-corrected chi connectivity index (χ3v) is 3.54. The number of halogens is 3. The van der Waals surface area contributed by atoms with E-state index in [0.717, 1.165) is 11.3 Å². The monoisotopic (exact) mass is 308 g/mol. The molecule has 0 bridgehead atoms. The predicted molar refractivity (Wildman–Crippen MR) is 66.1 cm³/mol. The molecule has 2 amide bonds. The van der Waals surface area contributed by atoms with Crippen LogP contribution in [0.2, 0.25) is 0 Å². The van der Waals surface area contributed by atoms with Crippen molar-refractivity contribution < 1.29 is 27.9 Å². The van der Waals surface area contributed by atoms with Gasteiger partial charge >= 0.3 is 18.2 Å². The van der Waals surface area contributed by atoms with Crippen molar-refractivity contribution in [2.24, 2.45) is 0 Å². The van der Waals surface area contributed by atoms with Gasteiger partial charge in [0.25, 0.3) is 0 Å². The molecule has 1 aliphatic rings. The Kier molecular flexibility index (Phi) is 3.89. The molecule has 0 aliphatic heterocycles. The lowest BCUT2D eigenvalue weighted by Crippen LogP contribution is -2.42. The summed E-state index contributed by atoms with van der Waals surface area (Å²) in [6.45, 7) is -1.34. The number of amides is 2. The average molecular weight is 308 g/mol. The number of thiophene rings is 1. The van der Waals surface area contributed by atoms with Gasteiger partial charge in [-0.1, -0.05) is 0 Å². The Morgan fingerprint density at radius 1 is 1.45 bits per heavy atom. The molecule has 1 aliphatic carbocycles. The molecule has 0 radical (unpaired) electrons. The van der Waals surface area contributed by atoms with Gasteiger partial charge in [-0.25, -0.2) is 9.59 Å². The van der Waals surface area contributed by atoms with Gasteiger partial charge in [-0.15, -0.1) is 11.3 Å². The van der Waals surface area contributed by atoms with Gasteiger partial charge in [0.1, 0.15) is 11.5 Å². The molecule has 20 heavy (non-hydrogen) atoms. The zero-order valence-electron chi connectivity index (χ0n) is 10.1. The molecule has 0 unspecified atom stereocenters. The van der Waals surface area contributed by atoms with E-state index in [4.69, 9.17) is 5.11 Å². The summed E-state index contributed by atoms with van der Waals surface area (Å²) < 4.78 is 37.3. The van der Waals surface area contributed by atoms with Crippen LogP contribution in [-0.4, -0.2) is 40.8 Å². The van der Waals surface area contributed by atoms with E-state index in [1.165, 1.54) is 11.4 Å². The van der Waals surface area contributed by atoms with E-state index in [1.54, 1.807) is 0 Å². The number of hydrogen-bond acceptors (Lipinski definition) is 3. The summed E-state index contributed by atoms with van der Waals surface area (Å²) >= 11 is 0.953. The van der Waals surface area contributed by atoms with Crippen molar-refractivity contribution in [1.29, 1.82) is 0 Å². The molecule has 0 spiro atoms. The average Bonchev–Trinajstić information content (AvgIpc) is 3.04. The molecule has 9 heteroatoms. The summed E-state index contributed by atoms with van der Waals surface area (Å²) in [6.07, 6.45) is -3.43. The Morgan fingerprint density at radius 2 is 2.10 bits per heavy atom. The van der Waals surface area contributed by atoms with Crippen molar-refractivity contribution in [3.8, 4) is 0 Å². The van der Waals surface area contributed by atoms with Crippen LogP contribution in [0.15, 0.2) is 11.4 Å². The molecule has 5 nitrogen and oxygen atoms in total. The maximum Gasteiger partial charge on any atom is 0.406 e. The van der Waals surface area contributed by atoms with Crippen LogP contribution in [0.3, 0.4) is 0 Å². The van der Waals surface area contributed by atoms with E-state index < -0.39 is 30.8 Å². The number of alkyl halides is 3. The summed E-state index contributed by atoms with van der Waals surface area (Å²) in [5, 5.41) is 12.6. The van der Waals surface area contributed by atoms with E-state index >= 15 is 0 Å². The summed E-state index contributed by atoms with van der Waals surface area (Å²) in [6, 6.07) is -0.0620. The molecule has 2 N–H and O–H groups in total. The normalized spacial score (nSPS) is 14.9. The van der Waals surface area contributed by atoms with Crippen LogP contribution in [-0.2, 0) is 0 Å². The minimum atomic E-state index is -4.48. The highest BCUT2D eigenvalue weighted by Crippen LogP contribution is 2.31. The summed E-state index contributed by atoms with van der Waals surface area (Å²) in [5.41, 5.74) is -0.133. The van der Waals surface area contributed by atoms with Gasteiger partial charge in [-0.3, -0.25) is 5.32 Å². The van der Waals surface area contributed by atoms with Crippen molar-refractivity contribution in [3.63, 3.8) is 0 Å². The van der Waals surface area contributed by atoms with E-state index in [-0.39, 0.29) is 10.6 Å². The highest BCUT2D eigenvalue weighted by atomic mass is 32.1. The second kappa shape index (κ2) is 5.31. The maximum atomic E-state index is 12.4. The maximum absolute atomic E-state index is 12.4. The third-order valence-electron chi connectivity index (χ3n) is 2.71. The zero-order valence-corrected chi connectivity index (χ0v) is 10.9. The van der Waals surface area contributed by atoms with Gasteiger partial charge in [0, 0.05) is 6.04 Å². The molecule has 2 rings (SSSR count). The van der Waals surface area contributed by atoms with Gasteiger partial charge in [-0.05, 0) is 24.3 Å². The van der Waals surface area contributed by atoms with Crippen molar-refractivity contribution in [2.45, 2.75) is 25.1 Å². The Labute approximate surface area is 116 Å². The fourth-order valence-electron chi connectivity index (χ4n) is 1.69. The first kappa shape index (κ1) is 14.6. The Bertz CT molecular complexity index is 525. The van der Waals surface area contributed by atoms with Gasteiger partial charge in [-0.2, -0.15) is 13.2 Å². The molecule has 0 atom stereocenters. The summed E-state index contributed by atoms with van der Waals surface area (Å²) in [7, 11) is 0. The Hall–Kier alpha value is -1.77. The first-order valence-corrected chi connectivity index (χ1v) is 6.61. The first-order chi connectivity index (χ1) is 9.28. The molecule has 0 saturated heterocycles. The lowest BCUT2D eigenvalue weighted by Gasteiger charge is -2.23. The highest BCUT2D eigenvalue weighted by Gasteiger charge is 2.40. The third kappa shape index (κ3) is 3.62. The van der Waals surface area contributed by atoms with E-state index in [2.05, 4.69) is 5.32 Å². The van der Waals surface area contributed by atoms with Crippen LogP contribution in [0.5, 0.6) is 0 Å². The van der Waals surface area contributed by atoms with Crippen LogP contribution in [0.4, 0.5) is 23.0 Å². The summed E-state index contributed by atoms with van der Waals surface area (Å²) in [4.78, 5) is 23.4. The van der Waals surface area contributed by atoms with Crippen LogP contribution in [0, 0.1) is 0 Å². The van der Waals surface area contributed by atoms with Crippen molar-refractivity contribution in [3.05, 3.63) is 17.0 Å². The standard InChI is InChI=1S/C11H11F3N2O3S/c12-11(13,14)5-16(6-1-2-6)10(19)15-8-7(9(17)18)3-4-20-8/h3-4,6H,1-2,5H2,(H,15,19)(H,17,18). The number of aromatic carboxylic acids is 1. The number of carbonyl (C=O) groups excluding carboxylic acids is 1. The number of rotatable bonds is 4. The van der Waals surface area contributed by atoms with Crippen molar-refractivity contribution in [2.75, 3.05) is 11.9 Å². The second-order valence-electron chi connectivity index (χ2n) is 4.37. The first-order valence-electron chi connectivity index (χ1n) is 5.73. The van der Waals surface area contributed by atoms with Gasteiger partial charge in [0.15, 0.2) is 0 Å². The molecule has 0 aromatic carbocycles. The lowest BCUT2D eigenvalue weighted by atomic mass is 10.3. The molecule has 1 saturated carbocycles. The number of hydrogen-bond donors (Lipinski definition) is 2. The molecule has 1 heterocycles. The predicted octanol–water partition coefficient (Wildman–Crippen LogP) is 3.00. The summed E-state index contributed by atoms with van der Waals surface area (Å²) in [5.74, 6) is -1.24. The molecule has 110 valence electrons. The SMILES string of the molecule is O=C(O)c1ccsc1NC(=O)N(CC(F)(F)F)C1CC1. The number of carbonyl (C=O) groups is 2. The number of nitrogens with zero attached hydrogens (tertiary/aromatic N) is 1. The van der Waals surface area contributed by atoms with Crippen LogP contribution in [0.25, 0.3) is 0 Å². The van der Waals surface area contributed by atoms with E-state index in [9.17, 15) is 22.8 Å². The lowest BCUT2D eigenvalue weighted by molar-refractivity contribution is -0.140. The molecular weight excluding hydrogens is 297 g/mol. The number of carboxylic acids is 1. The van der Waals surface area contributed by atoms with Gasteiger partial charge < -0.3 is 10.0 Å². The minimum Gasteiger partial charge on any atom is -0.478 e. The van der Waals surface area contributed by atoms with Crippen molar-refractivity contribution in [1.82, 2.24) is 4.90 Å². The fraction of sp³-hybridized carbons (Fsp3) is 0.455. The number of carboxylic acid groups (broad SMARTS) is 1. The largest absolute Gasteiger partial charge is 0.478 e. The molecule has 1 aromatic heterocycles. The number of nitrogens with one attached hydrogen (secondary N) is 1.